The first-order chi connectivity index (χ1) is 7.61. The summed E-state index contributed by atoms with van der Waals surface area (Å²) in [5, 5.41) is 1.39. The Morgan fingerprint density at radius 1 is 1.00 bits per heavy atom. The van der Waals surface area contributed by atoms with Gasteiger partial charge < -0.3 is 0 Å². The van der Waals surface area contributed by atoms with Crippen LogP contribution in [0.15, 0.2) is 29.6 Å². The highest BCUT2D eigenvalue weighted by atomic mass is 32.1. The molecular formula is C11H6F4S. The standard InChI is InChI=1S/C11H6F4S/c12-7-2-1-3-8(13)9(7)10-6(11(14)15)4-5-16-10/h1-5,11H. The molecule has 0 aliphatic carbocycles. The Morgan fingerprint density at radius 2 is 1.62 bits per heavy atom. The van der Waals surface area contributed by atoms with Crippen LogP contribution in [-0.2, 0) is 0 Å². The van der Waals surface area contributed by atoms with Crippen LogP contribution < -0.4 is 0 Å². The maximum absolute atomic E-state index is 13.4. The maximum atomic E-state index is 13.4. The SMILES string of the molecule is Fc1cccc(F)c1-c1sccc1C(F)F. The molecule has 0 saturated heterocycles. The molecule has 0 amide bonds. The van der Waals surface area contributed by atoms with Crippen molar-refractivity contribution in [1.29, 1.82) is 0 Å². The fourth-order valence-electron chi connectivity index (χ4n) is 1.41. The van der Waals surface area contributed by atoms with Gasteiger partial charge in [-0.05, 0) is 23.6 Å². The summed E-state index contributed by atoms with van der Waals surface area (Å²) in [5.41, 5.74) is -0.721. The lowest BCUT2D eigenvalue weighted by atomic mass is 10.1. The predicted octanol–water partition coefficient (Wildman–Crippen LogP) is 4.63. The third kappa shape index (κ3) is 1.82. The lowest BCUT2D eigenvalue weighted by molar-refractivity contribution is 0.152. The first-order valence-electron chi connectivity index (χ1n) is 4.41. The van der Waals surface area contributed by atoms with Crippen LogP contribution in [0.5, 0.6) is 0 Å². The van der Waals surface area contributed by atoms with Crippen molar-refractivity contribution >= 4 is 11.3 Å². The molecule has 0 unspecified atom stereocenters. The van der Waals surface area contributed by atoms with E-state index in [9.17, 15) is 17.6 Å². The molecule has 5 heteroatoms. The molecule has 1 aromatic carbocycles. The highest BCUT2D eigenvalue weighted by molar-refractivity contribution is 7.13. The molecule has 0 nitrogen and oxygen atoms in total. The molecular weight excluding hydrogens is 240 g/mol. The van der Waals surface area contributed by atoms with Gasteiger partial charge >= 0.3 is 0 Å². The summed E-state index contributed by atoms with van der Waals surface area (Å²) in [4.78, 5) is -0.0504. The number of thiophene rings is 1. The zero-order valence-corrected chi connectivity index (χ0v) is 8.70. The van der Waals surface area contributed by atoms with Crippen LogP contribution in [-0.4, -0.2) is 0 Å². The Morgan fingerprint density at radius 3 is 2.19 bits per heavy atom. The molecule has 0 fully saturated rings. The highest BCUT2D eigenvalue weighted by Crippen LogP contribution is 2.38. The summed E-state index contributed by atoms with van der Waals surface area (Å²) >= 11 is 0.899. The fourth-order valence-corrected chi connectivity index (χ4v) is 2.37. The molecule has 0 saturated carbocycles. The third-order valence-electron chi connectivity index (χ3n) is 2.12. The lowest BCUT2D eigenvalue weighted by Crippen LogP contribution is -1.91. The quantitative estimate of drug-likeness (QED) is 0.677. The van der Waals surface area contributed by atoms with Crippen molar-refractivity contribution in [3.63, 3.8) is 0 Å². The van der Waals surface area contributed by atoms with Gasteiger partial charge in [0.15, 0.2) is 0 Å². The number of alkyl halides is 2. The minimum atomic E-state index is -2.74. The van der Waals surface area contributed by atoms with Gasteiger partial charge in [0.25, 0.3) is 6.43 Å². The van der Waals surface area contributed by atoms with Gasteiger partial charge in [-0.1, -0.05) is 6.07 Å². The van der Waals surface area contributed by atoms with Crippen LogP contribution in [0.4, 0.5) is 17.6 Å². The average Bonchev–Trinajstić information content (AvgIpc) is 2.66. The lowest BCUT2D eigenvalue weighted by Gasteiger charge is -2.05. The molecule has 84 valence electrons. The smallest absolute Gasteiger partial charge is 0.206 e. The number of hydrogen-bond acceptors (Lipinski definition) is 1. The number of hydrogen-bond donors (Lipinski definition) is 0. The Labute approximate surface area is 93.2 Å². The summed E-state index contributed by atoms with van der Waals surface area (Å²) in [6.45, 7) is 0. The Bertz CT molecular complexity index is 484. The largest absolute Gasteiger partial charge is 0.265 e. The summed E-state index contributed by atoms with van der Waals surface area (Å²) in [6.07, 6.45) is -2.74. The second kappa shape index (κ2) is 4.25. The maximum Gasteiger partial charge on any atom is 0.265 e. The average molecular weight is 246 g/mol. The Balaban J connectivity index is 2.63. The van der Waals surface area contributed by atoms with Crippen LogP contribution in [0.25, 0.3) is 10.4 Å². The molecule has 2 rings (SSSR count). The van der Waals surface area contributed by atoms with E-state index in [1.54, 1.807) is 0 Å². The first kappa shape index (κ1) is 11.1. The first-order valence-corrected chi connectivity index (χ1v) is 5.29. The molecule has 0 atom stereocenters. The molecule has 1 aromatic heterocycles. The zero-order chi connectivity index (χ0) is 11.7. The molecule has 1 heterocycles. The zero-order valence-electron chi connectivity index (χ0n) is 7.88. The van der Waals surface area contributed by atoms with E-state index >= 15 is 0 Å². The summed E-state index contributed by atoms with van der Waals surface area (Å²) in [6, 6.07) is 4.47. The van der Waals surface area contributed by atoms with Gasteiger partial charge in [0.05, 0.1) is 5.56 Å². The van der Waals surface area contributed by atoms with Crippen molar-refractivity contribution in [3.8, 4) is 10.4 Å². The number of benzene rings is 1. The van der Waals surface area contributed by atoms with E-state index in [4.69, 9.17) is 0 Å². The van der Waals surface area contributed by atoms with Gasteiger partial charge in [-0.3, -0.25) is 0 Å². The normalized spacial score (nSPS) is 11.1. The van der Waals surface area contributed by atoms with Crippen LogP contribution >= 0.6 is 11.3 Å². The summed E-state index contributed by atoms with van der Waals surface area (Å²) in [7, 11) is 0. The van der Waals surface area contributed by atoms with E-state index in [1.165, 1.54) is 17.5 Å². The predicted molar refractivity (Wildman–Crippen MR) is 54.6 cm³/mol. The van der Waals surface area contributed by atoms with Crippen molar-refractivity contribution in [3.05, 3.63) is 46.8 Å². The van der Waals surface area contributed by atoms with Gasteiger partial charge in [0, 0.05) is 10.4 Å². The highest BCUT2D eigenvalue weighted by Gasteiger charge is 2.20. The molecule has 0 N–H and O–H groups in total. The topological polar surface area (TPSA) is 0 Å². The molecule has 0 aliphatic heterocycles. The van der Waals surface area contributed by atoms with Gasteiger partial charge in [-0.25, -0.2) is 17.6 Å². The fraction of sp³-hybridized carbons (Fsp3) is 0.0909. The Hall–Kier alpha value is -1.36. The van der Waals surface area contributed by atoms with Crippen molar-refractivity contribution in [2.75, 3.05) is 0 Å². The number of halogens is 4. The van der Waals surface area contributed by atoms with Crippen molar-refractivity contribution < 1.29 is 17.6 Å². The van der Waals surface area contributed by atoms with Gasteiger partial charge in [-0.2, -0.15) is 0 Å². The minimum absolute atomic E-state index is 0.0504. The second-order valence-electron chi connectivity index (χ2n) is 3.10. The number of rotatable bonds is 2. The minimum Gasteiger partial charge on any atom is -0.206 e. The van der Waals surface area contributed by atoms with E-state index in [-0.39, 0.29) is 16.0 Å². The van der Waals surface area contributed by atoms with Gasteiger partial charge in [-0.15, -0.1) is 11.3 Å². The second-order valence-corrected chi connectivity index (χ2v) is 4.02. The molecule has 0 radical (unpaired) electrons. The van der Waals surface area contributed by atoms with E-state index in [2.05, 4.69) is 0 Å². The van der Waals surface area contributed by atoms with Crippen molar-refractivity contribution in [2.24, 2.45) is 0 Å². The molecule has 0 aliphatic rings. The van der Waals surface area contributed by atoms with Crippen molar-refractivity contribution in [1.82, 2.24) is 0 Å². The van der Waals surface area contributed by atoms with E-state index in [0.29, 0.717) is 0 Å². The summed E-state index contributed by atoms with van der Waals surface area (Å²) < 4.78 is 51.9. The molecule has 0 spiro atoms. The monoisotopic (exact) mass is 246 g/mol. The van der Waals surface area contributed by atoms with Crippen LogP contribution in [0, 0.1) is 11.6 Å². The molecule has 0 bridgehead atoms. The van der Waals surface area contributed by atoms with Crippen LogP contribution in [0.1, 0.15) is 12.0 Å². The van der Waals surface area contributed by atoms with E-state index in [1.807, 2.05) is 0 Å². The van der Waals surface area contributed by atoms with Gasteiger partial charge in [0.2, 0.25) is 0 Å². The van der Waals surface area contributed by atoms with E-state index in [0.717, 1.165) is 23.5 Å². The Kier molecular flexibility index (Phi) is 2.96. The van der Waals surface area contributed by atoms with Crippen LogP contribution in [0.2, 0.25) is 0 Å². The molecule has 16 heavy (non-hydrogen) atoms. The van der Waals surface area contributed by atoms with E-state index < -0.39 is 18.1 Å². The van der Waals surface area contributed by atoms with Crippen LogP contribution in [0.3, 0.4) is 0 Å². The van der Waals surface area contributed by atoms with Crippen molar-refractivity contribution in [2.45, 2.75) is 6.43 Å². The third-order valence-corrected chi connectivity index (χ3v) is 3.07. The van der Waals surface area contributed by atoms with Gasteiger partial charge in [0.1, 0.15) is 11.6 Å². The molecule has 2 aromatic rings. The summed E-state index contributed by atoms with van der Waals surface area (Å²) in [5.74, 6) is -1.66.